The molecule has 5 nitrogen and oxygen atoms in total. The van der Waals surface area contributed by atoms with Crippen molar-refractivity contribution in [2.45, 2.75) is 0 Å². The smallest absolute Gasteiger partial charge is 0.346 e. The Morgan fingerprint density at radius 3 is 2.20 bits per heavy atom. The first kappa shape index (κ1) is 20.6. The largest absolute Gasteiger partial charge is 0.496 e. The summed E-state index contributed by atoms with van der Waals surface area (Å²) in [6, 6.07) is 23.2. The molecule has 3 aromatic rings. The van der Waals surface area contributed by atoms with Crippen LogP contribution in [0.25, 0.3) is 12.2 Å². The number of ether oxygens (including phenoxy) is 3. The van der Waals surface area contributed by atoms with E-state index in [1.165, 1.54) is 19.4 Å². The van der Waals surface area contributed by atoms with E-state index in [0.717, 1.165) is 5.56 Å². The van der Waals surface area contributed by atoms with Gasteiger partial charge in [-0.2, -0.15) is 0 Å². The number of hydrogen-bond donors (Lipinski definition) is 0. The van der Waals surface area contributed by atoms with Crippen molar-refractivity contribution in [2.24, 2.45) is 0 Å². The van der Waals surface area contributed by atoms with E-state index in [4.69, 9.17) is 14.2 Å². The second-order valence-corrected chi connectivity index (χ2v) is 6.15. The van der Waals surface area contributed by atoms with E-state index < -0.39 is 11.9 Å². The van der Waals surface area contributed by atoms with Crippen LogP contribution in [0.2, 0.25) is 0 Å². The zero-order chi connectivity index (χ0) is 21.2. The minimum absolute atomic E-state index is 0.277. The van der Waals surface area contributed by atoms with E-state index in [9.17, 15) is 9.59 Å². The van der Waals surface area contributed by atoms with Crippen LogP contribution in [0.5, 0.6) is 11.5 Å². The molecule has 0 N–H and O–H groups in total. The summed E-state index contributed by atoms with van der Waals surface area (Å²) in [4.78, 5) is 24.3. The fraction of sp³-hybridized carbons (Fsp3) is 0.0400. The van der Waals surface area contributed by atoms with Gasteiger partial charge in [-0.15, -0.1) is 0 Å². The zero-order valence-electron chi connectivity index (χ0n) is 16.4. The lowest BCUT2D eigenvalue weighted by molar-refractivity contribution is -0.128. The number of hydrogen-bond acceptors (Lipinski definition) is 5. The third-order valence-corrected chi connectivity index (χ3v) is 4.05. The standard InChI is InChI=1S/C25H20O5/c1-28-23-18-20(13-15-24(26)30-21-10-6-3-7-11-21)12-14-22(23)25(27)29-17-16-19-8-4-2-5-9-19/h2-18H,1H3/b15-13-,17-16-. The Balaban J connectivity index is 1.64. The highest BCUT2D eigenvalue weighted by Gasteiger charge is 2.13. The minimum atomic E-state index is -0.543. The van der Waals surface area contributed by atoms with E-state index in [0.29, 0.717) is 17.1 Å². The Kier molecular flexibility index (Phi) is 7.17. The van der Waals surface area contributed by atoms with Gasteiger partial charge in [-0.25, -0.2) is 9.59 Å². The third kappa shape index (κ3) is 5.94. The number of carbonyl (C=O) groups excluding carboxylic acids is 2. The van der Waals surface area contributed by atoms with Crippen LogP contribution in [-0.2, 0) is 9.53 Å². The molecule has 30 heavy (non-hydrogen) atoms. The van der Waals surface area contributed by atoms with Gasteiger partial charge >= 0.3 is 11.9 Å². The van der Waals surface area contributed by atoms with Crippen LogP contribution >= 0.6 is 0 Å². The summed E-state index contributed by atoms with van der Waals surface area (Å²) in [5, 5.41) is 0. The monoisotopic (exact) mass is 400 g/mol. The summed E-state index contributed by atoms with van der Waals surface area (Å²) >= 11 is 0. The van der Waals surface area contributed by atoms with E-state index in [-0.39, 0.29) is 5.56 Å². The Bertz CT molecular complexity index is 1050. The Hall–Kier alpha value is -4.12. The number of carbonyl (C=O) groups is 2. The van der Waals surface area contributed by atoms with Crippen LogP contribution in [0.3, 0.4) is 0 Å². The lowest BCUT2D eigenvalue weighted by atomic mass is 10.1. The van der Waals surface area contributed by atoms with Gasteiger partial charge in [0, 0.05) is 6.08 Å². The quantitative estimate of drug-likeness (QED) is 0.238. The van der Waals surface area contributed by atoms with Crippen molar-refractivity contribution in [3.05, 3.63) is 108 Å². The van der Waals surface area contributed by atoms with Crippen molar-refractivity contribution in [3.8, 4) is 11.5 Å². The molecular formula is C25H20O5. The molecule has 0 amide bonds. The SMILES string of the molecule is COc1cc(/C=C\C(=O)Oc2ccccc2)ccc1C(=O)O/C=C\c1ccccc1. The van der Waals surface area contributed by atoms with Crippen molar-refractivity contribution < 1.29 is 23.8 Å². The number of esters is 2. The highest BCUT2D eigenvalue weighted by molar-refractivity contribution is 5.94. The van der Waals surface area contributed by atoms with E-state index in [1.807, 2.05) is 36.4 Å². The van der Waals surface area contributed by atoms with E-state index >= 15 is 0 Å². The Morgan fingerprint density at radius 1 is 0.800 bits per heavy atom. The molecule has 0 aliphatic carbocycles. The Labute approximate surface area is 174 Å². The average Bonchev–Trinajstić information content (AvgIpc) is 2.79. The summed E-state index contributed by atoms with van der Waals surface area (Å²) in [7, 11) is 1.46. The van der Waals surface area contributed by atoms with Gasteiger partial charge in [-0.05, 0) is 47.5 Å². The molecule has 3 rings (SSSR count). The van der Waals surface area contributed by atoms with Crippen LogP contribution in [0, 0.1) is 0 Å². The molecule has 0 fully saturated rings. The van der Waals surface area contributed by atoms with Gasteiger partial charge in [0.05, 0.1) is 13.4 Å². The van der Waals surface area contributed by atoms with Gasteiger partial charge in [0.1, 0.15) is 17.1 Å². The summed E-state index contributed by atoms with van der Waals surface area (Å²) in [6.07, 6.45) is 5.92. The normalized spacial score (nSPS) is 10.8. The number of rotatable bonds is 7. The van der Waals surface area contributed by atoms with Crippen molar-refractivity contribution in [2.75, 3.05) is 7.11 Å². The first-order valence-corrected chi connectivity index (χ1v) is 9.21. The maximum atomic E-state index is 12.3. The molecule has 0 aliphatic rings. The molecule has 0 unspecified atom stereocenters. The van der Waals surface area contributed by atoms with Gasteiger partial charge in [0.2, 0.25) is 0 Å². The number of para-hydroxylation sites is 1. The van der Waals surface area contributed by atoms with Crippen LogP contribution in [0.1, 0.15) is 21.5 Å². The molecule has 0 spiro atoms. The molecule has 5 heteroatoms. The van der Waals surface area contributed by atoms with E-state index in [2.05, 4.69) is 0 Å². The average molecular weight is 400 g/mol. The van der Waals surface area contributed by atoms with Crippen LogP contribution < -0.4 is 9.47 Å². The molecule has 0 heterocycles. The van der Waals surface area contributed by atoms with Crippen molar-refractivity contribution in [3.63, 3.8) is 0 Å². The number of methoxy groups -OCH3 is 1. The maximum Gasteiger partial charge on any atom is 0.346 e. The van der Waals surface area contributed by atoms with Crippen LogP contribution in [0.4, 0.5) is 0 Å². The van der Waals surface area contributed by atoms with Gasteiger partial charge in [-0.3, -0.25) is 0 Å². The first-order valence-electron chi connectivity index (χ1n) is 9.21. The molecule has 0 saturated heterocycles. The van der Waals surface area contributed by atoms with Crippen molar-refractivity contribution >= 4 is 24.1 Å². The van der Waals surface area contributed by atoms with E-state index in [1.54, 1.807) is 54.6 Å². The van der Waals surface area contributed by atoms with Gasteiger partial charge in [0.15, 0.2) is 0 Å². The zero-order valence-corrected chi connectivity index (χ0v) is 16.4. The lowest BCUT2D eigenvalue weighted by Crippen LogP contribution is -2.04. The second kappa shape index (κ2) is 10.4. The molecule has 0 radical (unpaired) electrons. The topological polar surface area (TPSA) is 61.8 Å². The third-order valence-electron chi connectivity index (χ3n) is 4.05. The molecule has 0 bridgehead atoms. The van der Waals surface area contributed by atoms with Crippen molar-refractivity contribution in [1.29, 1.82) is 0 Å². The highest BCUT2D eigenvalue weighted by atomic mass is 16.5. The molecule has 150 valence electrons. The molecule has 3 aromatic carbocycles. The molecule has 0 atom stereocenters. The predicted octanol–water partition coefficient (Wildman–Crippen LogP) is 5.14. The molecule has 0 saturated carbocycles. The van der Waals surface area contributed by atoms with Crippen LogP contribution in [0.15, 0.2) is 91.2 Å². The first-order chi connectivity index (χ1) is 14.7. The summed E-state index contributed by atoms with van der Waals surface area (Å²) in [5.74, 6) is -0.245. The fourth-order valence-electron chi connectivity index (χ4n) is 2.59. The van der Waals surface area contributed by atoms with Gasteiger partial charge in [0.25, 0.3) is 0 Å². The molecular weight excluding hydrogens is 380 g/mol. The van der Waals surface area contributed by atoms with Crippen LogP contribution in [-0.4, -0.2) is 19.0 Å². The van der Waals surface area contributed by atoms with Gasteiger partial charge in [-0.1, -0.05) is 54.6 Å². The molecule has 0 aromatic heterocycles. The summed E-state index contributed by atoms with van der Waals surface area (Å²) in [5.41, 5.74) is 1.87. The minimum Gasteiger partial charge on any atom is -0.496 e. The summed E-state index contributed by atoms with van der Waals surface area (Å²) < 4.78 is 15.7. The maximum absolute atomic E-state index is 12.3. The lowest BCUT2D eigenvalue weighted by Gasteiger charge is -2.08. The summed E-state index contributed by atoms with van der Waals surface area (Å²) in [6.45, 7) is 0. The Morgan fingerprint density at radius 2 is 1.50 bits per heavy atom. The fourth-order valence-corrected chi connectivity index (χ4v) is 2.59. The van der Waals surface area contributed by atoms with Gasteiger partial charge < -0.3 is 14.2 Å². The van der Waals surface area contributed by atoms with Crippen molar-refractivity contribution in [1.82, 2.24) is 0 Å². The highest BCUT2D eigenvalue weighted by Crippen LogP contribution is 2.22. The number of benzene rings is 3. The second-order valence-electron chi connectivity index (χ2n) is 6.15. The predicted molar refractivity (Wildman–Crippen MR) is 115 cm³/mol. The molecule has 0 aliphatic heterocycles.